The summed E-state index contributed by atoms with van der Waals surface area (Å²) in [4.78, 5) is 1.61. The molecule has 0 unspecified atom stereocenters. The summed E-state index contributed by atoms with van der Waals surface area (Å²) in [7, 11) is -2.99. The first-order valence-corrected chi connectivity index (χ1v) is 6.58. The standard InChI is InChI=1S/C8H12O2S2/c1-3-4-7-5-8(6-11-7)12(2,9)10/h5-6H,3-4H2,1-2H3. The van der Waals surface area contributed by atoms with E-state index in [4.69, 9.17) is 0 Å². The second-order valence-corrected chi connectivity index (χ2v) is 5.78. The summed E-state index contributed by atoms with van der Waals surface area (Å²) in [5, 5.41) is 1.71. The third-order valence-corrected chi connectivity index (χ3v) is 3.79. The molecule has 12 heavy (non-hydrogen) atoms. The molecule has 1 rings (SSSR count). The van der Waals surface area contributed by atoms with Crippen LogP contribution in [0.25, 0.3) is 0 Å². The average molecular weight is 204 g/mol. The summed E-state index contributed by atoms with van der Waals surface area (Å²) in [6.07, 6.45) is 3.27. The van der Waals surface area contributed by atoms with E-state index in [1.807, 2.05) is 0 Å². The van der Waals surface area contributed by atoms with Crippen molar-refractivity contribution in [2.75, 3.05) is 6.26 Å². The van der Waals surface area contributed by atoms with E-state index >= 15 is 0 Å². The van der Waals surface area contributed by atoms with Gasteiger partial charge in [0.15, 0.2) is 9.84 Å². The highest BCUT2D eigenvalue weighted by Crippen LogP contribution is 2.20. The number of hydrogen-bond acceptors (Lipinski definition) is 3. The van der Waals surface area contributed by atoms with Gasteiger partial charge in [0, 0.05) is 16.5 Å². The number of rotatable bonds is 3. The molecule has 0 saturated heterocycles. The van der Waals surface area contributed by atoms with Gasteiger partial charge in [-0.1, -0.05) is 13.3 Å². The van der Waals surface area contributed by atoms with Crippen LogP contribution in [0, 0.1) is 0 Å². The Hall–Kier alpha value is -0.350. The lowest BCUT2D eigenvalue weighted by atomic mass is 10.3. The van der Waals surface area contributed by atoms with Crippen LogP contribution in [0.15, 0.2) is 16.3 Å². The van der Waals surface area contributed by atoms with Crippen molar-refractivity contribution >= 4 is 21.2 Å². The van der Waals surface area contributed by atoms with E-state index in [9.17, 15) is 8.42 Å². The molecule has 0 N–H and O–H groups in total. The lowest BCUT2D eigenvalue weighted by Gasteiger charge is -1.90. The quantitative estimate of drug-likeness (QED) is 0.755. The highest BCUT2D eigenvalue weighted by atomic mass is 32.2. The maximum atomic E-state index is 11.1. The first-order valence-electron chi connectivity index (χ1n) is 3.81. The van der Waals surface area contributed by atoms with Gasteiger partial charge in [-0.15, -0.1) is 11.3 Å². The fraction of sp³-hybridized carbons (Fsp3) is 0.500. The van der Waals surface area contributed by atoms with Gasteiger partial charge in [0.1, 0.15) is 0 Å². The first-order chi connectivity index (χ1) is 5.54. The number of aryl methyl sites for hydroxylation is 1. The van der Waals surface area contributed by atoms with Crippen LogP contribution in [0.5, 0.6) is 0 Å². The van der Waals surface area contributed by atoms with Gasteiger partial charge in [-0.3, -0.25) is 0 Å². The summed E-state index contributed by atoms with van der Waals surface area (Å²) in [6.45, 7) is 2.08. The molecule has 0 amide bonds. The van der Waals surface area contributed by atoms with E-state index in [0.717, 1.165) is 17.7 Å². The number of sulfone groups is 1. The van der Waals surface area contributed by atoms with Crippen LogP contribution < -0.4 is 0 Å². The van der Waals surface area contributed by atoms with Crippen LogP contribution in [0.2, 0.25) is 0 Å². The highest BCUT2D eigenvalue weighted by molar-refractivity contribution is 7.90. The van der Waals surface area contributed by atoms with Crippen molar-refractivity contribution in [1.82, 2.24) is 0 Å². The van der Waals surface area contributed by atoms with E-state index in [-0.39, 0.29) is 0 Å². The number of hydrogen-bond donors (Lipinski definition) is 0. The molecule has 4 heteroatoms. The molecular weight excluding hydrogens is 192 g/mol. The Bertz CT molecular complexity index is 349. The largest absolute Gasteiger partial charge is 0.224 e. The Kier molecular flexibility index (Phi) is 2.90. The molecule has 0 atom stereocenters. The van der Waals surface area contributed by atoms with Gasteiger partial charge in [0.05, 0.1) is 4.90 Å². The Morgan fingerprint density at radius 1 is 1.50 bits per heavy atom. The summed E-state index contributed by atoms with van der Waals surface area (Å²) < 4.78 is 22.1. The van der Waals surface area contributed by atoms with Crippen molar-refractivity contribution in [1.29, 1.82) is 0 Å². The van der Waals surface area contributed by atoms with Crippen molar-refractivity contribution in [3.8, 4) is 0 Å². The molecule has 0 saturated carbocycles. The van der Waals surface area contributed by atoms with E-state index in [1.54, 1.807) is 11.4 Å². The van der Waals surface area contributed by atoms with Gasteiger partial charge >= 0.3 is 0 Å². The molecule has 1 aromatic heterocycles. The van der Waals surface area contributed by atoms with Gasteiger partial charge < -0.3 is 0 Å². The zero-order chi connectivity index (χ0) is 9.19. The number of thiophene rings is 1. The second-order valence-electron chi connectivity index (χ2n) is 2.77. The fourth-order valence-corrected chi connectivity index (χ4v) is 3.06. The molecule has 0 fully saturated rings. The third kappa shape index (κ3) is 2.32. The Balaban J connectivity index is 2.92. The minimum atomic E-state index is -2.99. The normalized spacial score (nSPS) is 11.8. The Morgan fingerprint density at radius 2 is 2.17 bits per heavy atom. The van der Waals surface area contributed by atoms with Crippen LogP contribution in [0.1, 0.15) is 18.2 Å². The molecule has 0 radical (unpaired) electrons. The minimum Gasteiger partial charge on any atom is -0.224 e. The van der Waals surface area contributed by atoms with Crippen LogP contribution in [0.3, 0.4) is 0 Å². The van der Waals surface area contributed by atoms with Crippen molar-refractivity contribution < 1.29 is 8.42 Å². The molecule has 1 heterocycles. The third-order valence-electron chi connectivity index (χ3n) is 1.55. The van der Waals surface area contributed by atoms with Gasteiger partial charge in [0.2, 0.25) is 0 Å². The highest BCUT2D eigenvalue weighted by Gasteiger charge is 2.08. The van der Waals surface area contributed by atoms with Gasteiger partial charge in [-0.05, 0) is 12.5 Å². The van der Waals surface area contributed by atoms with Crippen LogP contribution >= 0.6 is 11.3 Å². The summed E-state index contributed by atoms with van der Waals surface area (Å²) in [6, 6.07) is 1.77. The first kappa shape index (κ1) is 9.74. The van der Waals surface area contributed by atoms with Crippen molar-refractivity contribution in [2.24, 2.45) is 0 Å². The van der Waals surface area contributed by atoms with Crippen molar-refractivity contribution in [3.05, 3.63) is 16.3 Å². The molecule has 0 bridgehead atoms. The zero-order valence-electron chi connectivity index (χ0n) is 7.20. The minimum absolute atomic E-state index is 0.455. The topological polar surface area (TPSA) is 34.1 Å². The molecule has 1 aromatic rings. The Morgan fingerprint density at radius 3 is 2.58 bits per heavy atom. The predicted octanol–water partition coefficient (Wildman–Crippen LogP) is 2.10. The molecule has 0 aliphatic carbocycles. The van der Waals surface area contributed by atoms with Gasteiger partial charge in [-0.25, -0.2) is 8.42 Å². The van der Waals surface area contributed by atoms with E-state index < -0.39 is 9.84 Å². The predicted molar refractivity (Wildman–Crippen MR) is 51.4 cm³/mol. The zero-order valence-corrected chi connectivity index (χ0v) is 8.83. The van der Waals surface area contributed by atoms with Crippen molar-refractivity contribution in [3.63, 3.8) is 0 Å². The molecule has 0 aliphatic rings. The maximum absolute atomic E-state index is 11.1. The van der Waals surface area contributed by atoms with E-state index in [2.05, 4.69) is 6.92 Å². The second kappa shape index (κ2) is 3.58. The van der Waals surface area contributed by atoms with E-state index in [1.165, 1.54) is 17.6 Å². The smallest absolute Gasteiger partial charge is 0.176 e. The SMILES string of the molecule is CCCc1cc(S(C)(=O)=O)cs1. The van der Waals surface area contributed by atoms with Crippen molar-refractivity contribution in [2.45, 2.75) is 24.7 Å². The fourth-order valence-electron chi connectivity index (χ4n) is 0.932. The average Bonchev–Trinajstić information content (AvgIpc) is 2.35. The molecule has 68 valence electrons. The molecular formula is C8H12O2S2. The Labute approximate surface area is 77.2 Å². The van der Waals surface area contributed by atoms with Crippen LogP contribution in [0.4, 0.5) is 0 Å². The molecule has 0 aromatic carbocycles. The summed E-state index contributed by atoms with van der Waals surface area (Å²) in [5.74, 6) is 0. The molecule has 0 spiro atoms. The molecule has 0 aliphatic heterocycles. The van der Waals surface area contributed by atoms with Crippen LogP contribution in [-0.2, 0) is 16.3 Å². The van der Waals surface area contributed by atoms with Gasteiger partial charge in [0.25, 0.3) is 0 Å². The van der Waals surface area contributed by atoms with Crippen LogP contribution in [-0.4, -0.2) is 14.7 Å². The monoisotopic (exact) mass is 204 g/mol. The van der Waals surface area contributed by atoms with E-state index in [0.29, 0.717) is 4.90 Å². The summed E-state index contributed by atoms with van der Waals surface area (Å²) in [5.41, 5.74) is 0. The lowest BCUT2D eigenvalue weighted by molar-refractivity contribution is 0.602. The molecule has 2 nitrogen and oxygen atoms in total. The summed E-state index contributed by atoms with van der Waals surface area (Å²) >= 11 is 1.52. The maximum Gasteiger partial charge on any atom is 0.176 e. The van der Waals surface area contributed by atoms with Gasteiger partial charge in [-0.2, -0.15) is 0 Å². The lowest BCUT2D eigenvalue weighted by Crippen LogP contribution is -1.93.